The molecule has 3 rings (SSSR count). The average molecular weight is 368 g/mol. The Labute approximate surface area is 148 Å². The van der Waals surface area contributed by atoms with Crippen molar-refractivity contribution < 1.29 is 22.7 Å². The summed E-state index contributed by atoms with van der Waals surface area (Å²) in [5.74, 6) is 0.372. The topological polar surface area (TPSA) is 84.9 Å². The fourth-order valence-corrected chi connectivity index (χ4v) is 4.00. The summed E-state index contributed by atoms with van der Waals surface area (Å²) in [6.45, 7) is 2.09. The number of sulfonamides is 1. The molecule has 7 nitrogen and oxygen atoms in total. The van der Waals surface area contributed by atoms with Crippen LogP contribution in [0.15, 0.2) is 24.3 Å². The second-order valence-electron chi connectivity index (χ2n) is 6.51. The van der Waals surface area contributed by atoms with Crippen LogP contribution in [-0.4, -0.2) is 63.3 Å². The normalized spacial score (nSPS) is 22.7. The highest BCUT2D eigenvalue weighted by Crippen LogP contribution is 2.24. The van der Waals surface area contributed by atoms with Crippen molar-refractivity contribution in [2.45, 2.75) is 31.4 Å². The number of piperidine rings is 1. The lowest BCUT2D eigenvalue weighted by Crippen LogP contribution is -2.41. The van der Waals surface area contributed by atoms with Gasteiger partial charge in [-0.2, -0.15) is 0 Å². The Bertz CT molecular complexity index is 708. The van der Waals surface area contributed by atoms with Crippen LogP contribution in [0.25, 0.3) is 0 Å². The summed E-state index contributed by atoms with van der Waals surface area (Å²) in [4.78, 5) is 12.5. The number of carbonyl (C=O) groups is 1. The molecule has 1 aromatic rings. The Morgan fingerprint density at radius 2 is 1.96 bits per heavy atom. The maximum Gasteiger partial charge on any atom is 0.255 e. The summed E-state index contributed by atoms with van der Waals surface area (Å²) in [5.41, 5.74) is 0.500. The van der Waals surface area contributed by atoms with E-state index in [1.807, 2.05) is 6.07 Å². The number of hydrogen-bond acceptors (Lipinski definition) is 5. The highest BCUT2D eigenvalue weighted by atomic mass is 32.2. The fourth-order valence-electron chi connectivity index (χ4n) is 3.13. The lowest BCUT2D eigenvalue weighted by Gasteiger charge is -2.30. The number of carbonyl (C=O) groups excluding carboxylic acids is 1. The first kappa shape index (κ1) is 18.2. The van der Waals surface area contributed by atoms with E-state index in [1.165, 1.54) is 10.6 Å². The van der Waals surface area contributed by atoms with E-state index < -0.39 is 10.0 Å². The molecule has 1 amide bonds. The molecular weight excluding hydrogens is 344 g/mol. The molecule has 0 saturated carbocycles. The van der Waals surface area contributed by atoms with Crippen LogP contribution < -0.4 is 10.1 Å². The van der Waals surface area contributed by atoms with Gasteiger partial charge in [0.1, 0.15) is 11.9 Å². The zero-order chi connectivity index (χ0) is 17.9. The third-order valence-electron chi connectivity index (χ3n) is 4.56. The van der Waals surface area contributed by atoms with Gasteiger partial charge in [0.05, 0.1) is 24.5 Å². The van der Waals surface area contributed by atoms with Crippen LogP contribution in [-0.2, 0) is 14.8 Å². The van der Waals surface area contributed by atoms with Crippen LogP contribution in [0.2, 0.25) is 0 Å². The van der Waals surface area contributed by atoms with E-state index in [0.29, 0.717) is 50.5 Å². The molecule has 2 fully saturated rings. The largest absolute Gasteiger partial charge is 0.489 e. The molecule has 1 aromatic carbocycles. The summed E-state index contributed by atoms with van der Waals surface area (Å²) >= 11 is 0. The number of rotatable bonds is 5. The Morgan fingerprint density at radius 1 is 1.24 bits per heavy atom. The number of amides is 1. The molecule has 2 saturated heterocycles. The highest BCUT2D eigenvalue weighted by Gasteiger charge is 2.27. The van der Waals surface area contributed by atoms with Gasteiger partial charge < -0.3 is 14.8 Å². The monoisotopic (exact) mass is 368 g/mol. The van der Waals surface area contributed by atoms with Gasteiger partial charge in [0.15, 0.2) is 0 Å². The predicted octanol–water partition coefficient (Wildman–Crippen LogP) is 1.01. The molecule has 2 heterocycles. The minimum absolute atomic E-state index is 0.0403. The standard InChI is InChI=1S/C17H24N2O5S/c1-25(21,22)19-9-6-14(7-10-19)24-16-5-3-2-4-15(16)17(20)18-13-8-11-23-12-13/h2-5,13-14H,6-12H2,1H3,(H,18,20)/t13-/m1/s1. The molecular formula is C17H24N2O5S. The van der Waals surface area contributed by atoms with E-state index in [9.17, 15) is 13.2 Å². The first-order valence-corrected chi connectivity index (χ1v) is 10.4. The van der Waals surface area contributed by atoms with E-state index in [2.05, 4.69) is 5.32 Å². The number of para-hydroxylation sites is 1. The average Bonchev–Trinajstić information content (AvgIpc) is 3.08. The highest BCUT2D eigenvalue weighted by molar-refractivity contribution is 7.88. The number of hydrogen-bond donors (Lipinski definition) is 1. The minimum Gasteiger partial charge on any atom is -0.489 e. The van der Waals surface area contributed by atoms with Crippen molar-refractivity contribution in [2.24, 2.45) is 0 Å². The molecule has 1 N–H and O–H groups in total. The molecule has 0 aliphatic carbocycles. The summed E-state index contributed by atoms with van der Waals surface area (Å²) < 4.78 is 35.9. The van der Waals surface area contributed by atoms with Gasteiger partial charge in [-0.3, -0.25) is 4.79 Å². The van der Waals surface area contributed by atoms with E-state index in [0.717, 1.165) is 6.42 Å². The number of nitrogens with zero attached hydrogens (tertiary/aromatic N) is 1. The van der Waals surface area contributed by atoms with Crippen LogP contribution in [0.4, 0.5) is 0 Å². The molecule has 138 valence electrons. The molecule has 2 aliphatic rings. The second kappa shape index (κ2) is 7.72. The SMILES string of the molecule is CS(=O)(=O)N1CCC(Oc2ccccc2C(=O)N[C@@H]2CCOC2)CC1. The van der Waals surface area contributed by atoms with E-state index in [4.69, 9.17) is 9.47 Å². The number of nitrogens with one attached hydrogen (secondary N) is 1. The minimum atomic E-state index is -3.16. The molecule has 1 atom stereocenters. The van der Waals surface area contributed by atoms with Gasteiger partial charge in [-0.05, 0) is 31.4 Å². The lowest BCUT2D eigenvalue weighted by atomic mass is 10.1. The summed E-state index contributed by atoms with van der Waals surface area (Å²) in [7, 11) is -3.16. The van der Waals surface area contributed by atoms with Crippen LogP contribution >= 0.6 is 0 Å². The third-order valence-corrected chi connectivity index (χ3v) is 5.86. The Hall–Kier alpha value is -1.64. The molecule has 0 unspecified atom stereocenters. The van der Waals surface area contributed by atoms with Crippen molar-refractivity contribution in [3.63, 3.8) is 0 Å². The van der Waals surface area contributed by atoms with Crippen molar-refractivity contribution in [1.82, 2.24) is 9.62 Å². The van der Waals surface area contributed by atoms with Gasteiger partial charge in [0.25, 0.3) is 5.91 Å². The maximum atomic E-state index is 12.5. The molecule has 8 heteroatoms. The van der Waals surface area contributed by atoms with Gasteiger partial charge in [-0.15, -0.1) is 0 Å². The quantitative estimate of drug-likeness (QED) is 0.838. The van der Waals surface area contributed by atoms with E-state index in [-0.39, 0.29) is 18.1 Å². The zero-order valence-electron chi connectivity index (χ0n) is 14.3. The molecule has 0 aromatic heterocycles. The Kier molecular flexibility index (Phi) is 5.61. The van der Waals surface area contributed by atoms with Crippen LogP contribution in [0.1, 0.15) is 29.6 Å². The molecule has 0 bridgehead atoms. The van der Waals surface area contributed by atoms with Gasteiger partial charge in [-0.1, -0.05) is 12.1 Å². The lowest BCUT2D eigenvalue weighted by molar-refractivity contribution is 0.0915. The van der Waals surface area contributed by atoms with Crippen LogP contribution in [0.5, 0.6) is 5.75 Å². The maximum absolute atomic E-state index is 12.5. The van der Waals surface area contributed by atoms with Gasteiger partial charge in [-0.25, -0.2) is 12.7 Å². The first-order chi connectivity index (χ1) is 11.9. The Balaban J connectivity index is 1.62. The van der Waals surface area contributed by atoms with Gasteiger partial charge in [0, 0.05) is 19.7 Å². The number of benzene rings is 1. The molecule has 0 radical (unpaired) electrons. The first-order valence-electron chi connectivity index (χ1n) is 8.53. The molecule has 25 heavy (non-hydrogen) atoms. The van der Waals surface area contributed by atoms with Crippen molar-refractivity contribution in [3.05, 3.63) is 29.8 Å². The van der Waals surface area contributed by atoms with E-state index >= 15 is 0 Å². The predicted molar refractivity (Wildman–Crippen MR) is 93.2 cm³/mol. The van der Waals surface area contributed by atoms with Gasteiger partial charge >= 0.3 is 0 Å². The Morgan fingerprint density at radius 3 is 2.60 bits per heavy atom. The van der Waals surface area contributed by atoms with Crippen LogP contribution in [0, 0.1) is 0 Å². The third kappa shape index (κ3) is 4.71. The number of ether oxygens (including phenoxy) is 2. The summed E-state index contributed by atoms with van der Waals surface area (Å²) in [6.07, 6.45) is 3.17. The second-order valence-corrected chi connectivity index (χ2v) is 8.49. The van der Waals surface area contributed by atoms with Crippen LogP contribution in [0.3, 0.4) is 0 Å². The molecule has 2 aliphatic heterocycles. The molecule has 0 spiro atoms. The van der Waals surface area contributed by atoms with Crippen molar-refractivity contribution >= 4 is 15.9 Å². The zero-order valence-corrected chi connectivity index (χ0v) is 15.1. The van der Waals surface area contributed by atoms with Crippen molar-refractivity contribution in [2.75, 3.05) is 32.6 Å². The van der Waals surface area contributed by atoms with Gasteiger partial charge in [0.2, 0.25) is 10.0 Å². The smallest absolute Gasteiger partial charge is 0.255 e. The van der Waals surface area contributed by atoms with Crippen molar-refractivity contribution in [1.29, 1.82) is 0 Å². The fraction of sp³-hybridized carbons (Fsp3) is 0.588. The summed E-state index contributed by atoms with van der Waals surface area (Å²) in [6, 6.07) is 7.20. The van der Waals surface area contributed by atoms with E-state index in [1.54, 1.807) is 18.2 Å². The van der Waals surface area contributed by atoms with Crippen molar-refractivity contribution in [3.8, 4) is 5.75 Å². The summed E-state index contributed by atoms with van der Waals surface area (Å²) in [5, 5.41) is 2.97.